The molecule has 0 amide bonds. The fourth-order valence-corrected chi connectivity index (χ4v) is 1.95. The number of rotatable bonds is 4. The van der Waals surface area contributed by atoms with E-state index >= 15 is 0 Å². The van der Waals surface area contributed by atoms with Gasteiger partial charge >= 0.3 is 0 Å². The zero-order valence-electron chi connectivity index (χ0n) is 9.87. The molecular formula is C12H20N2O2. The highest BCUT2D eigenvalue weighted by Gasteiger charge is 2.11. The van der Waals surface area contributed by atoms with Gasteiger partial charge in [0, 0.05) is 19.7 Å². The van der Waals surface area contributed by atoms with E-state index in [1.165, 1.54) is 0 Å². The van der Waals surface area contributed by atoms with Crippen LogP contribution in [-0.2, 0) is 17.8 Å². The predicted octanol–water partition coefficient (Wildman–Crippen LogP) is 1.22. The molecule has 2 rings (SSSR count). The van der Waals surface area contributed by atoms with E-state index in [4.69, 9.17) is 9.15 Å². The van der Waals surface area contributed by atoms with Crippen molar-refractivity contribution >= 4 is 0 Å². The van der Waals surface area contributed by atoms with E-state index < -0.39 is 0 Å². The monoisotopic (exact) mass is 224 g/mol. The maximum absolute atomic E-state index is 5.72. The van der Waals surface area contributed by atoms with Crippen LogP contribution in [0.3, 0.4) is 0 Å². The maximum Gasteiger partial charge on any atom is 0.118 e. The summed E-state index contributed by atoms with van der Waals surface area (Å²) < 4.78 is 11.1. The van der Waals surface area contributed by atoms with Gasteiger partial charge in [-0.05, 0) is 25.6 Å². The molecule has 1 saturated heterocycles. The molecule has 1 aromatic heterocycles. The molecule has 2 heterocycles. The minimum atomic E-state index is 0.795. The SMILES string of the molecule is CNCc1ccc(CN2CCCOCC2)o1. The van der Waals surface area contributed by atoms with E-state index in [1.54, 1.807) is 0 Å². The van der Waals surface area contributed by atoms with Gasteiger partial charge in [0.1, 0.15) is 11.5 Å². The molecule has 0 saturated carbocycles. The molecule has 0 bridgehead atoms. The zero-order chi connectivity index (χ0) is 11.2. The van der Waals surface area contributed by atoms with Gasteiger partial charge in [0.25, 0.3) is 0 Å². The number of nitrogens with zero attached hydrogens (tertiary/aromatic N) is 1. The topological polar surface area (TPSA) is 37.6 Å². The smallest absolute Gasteiger partial charge is 0.118 e. The summed E-state index contributed by atoms with van der Waals surface area (Å²) in [6.07, 6.45) is 1.12. The van der Waals surface area contributed by atoms with E-state index in [1.807, 2.05) is 13.1 Å². The molecule has 1 aliphatic heterocycles. The van der Waals surface area contributed by atoms with Crippen LogP contribution >= 0.6 is 0 Å². The third kappa shape index (κ3) is 3.33. The second-order valence-corrected chi connectivity index (χ2v) is 4.14. The molecule has 1 aliphatic rings. The van der Waals surface area contributed by atoms with Crippen molar-refractivity contribution in [2.24, 2.45) is 0 Å². The third-order valence-corrected chi connectivity index (χ3v) is 2.76. The van der Waals surface area contributed by atoms with Gasteiger partial charge in [-0.25, -0.2) is 0 Å². The molecule has 0 aromatic carbocycles. The number of hydrogen-bond donors (Lipinski definition) is 1. The van der Waals surface area contributed by atoms with Crippen LogP contribution in [0.15, 0.2) is 16.5 Å². The first kappa shape index (κ1) is 11.6. The Morgan fingerprint density at radius 3 is 3.00 bits per heavy atom. The van der Waals surface area contributed by atoms with Crippen molar-refractivity contribution in [1.29, 1.82) is 0 Å². The largest absolute Gasteiger partial charge is 0.463 e. The van der Waals surface area contributed by atoms with Gasteiger partial charge < -0.3 is 14.5 Å². The Labute approximate surface area is 96.6 Å². The Morgan fingerprint density at radius 1 is 1.25 bits per heavy atom. The fraction of sp³-hybridized carbons (Fsp3) is 0.667. The first-order chi connectivity index (χ1) is 7.88. The zero-order valence-corrected chi connectivity index (χ0v) is 9.87. The van der Waals surface area contributed by atoms with Crippen molar-refractivity contribution in [3.8, 4) is 0 Å². The highest BCUT2D eigenvalue weighted by atomic mass is 16.5. The molecular weight excluding hydrogens is 204 g/mol. The molecule has 1 aromatic rings. The highest BCUT2D eigenvalue weighted by Crippen LogP contribution is 2.11. The van der Waals surface area contributed by atoms with Gasteiger partial charge in [0.05, 0.1) is 19.7 Å². The molecule has 1 fully saturated rings. The van der Waals surface area contributed by atoms with Crippen LogP contribution in [0.5, 0.6) is 0 Å². The Hall–Kier alpha value is -0.840. The minimum Gasteiger partial charge on any atom is -0.463 e. The van der Waals surface area contributed by atoms with Crippen LogP contribution in [0, 0.1) is 0 Å². The average molecular weight is 224 g/mol. The second-order valence-electron chi connectivity index (χ2n) is 4.14. The number of ether oxygens (including phenoxy) is 1. The predicted molar refractivity (Wildman–Crippen MR) is 62.2 cm³/mol. The van der Waals surface area contributed by atoms with Crippen LogP contribution in [0.4, 0.5) is 0 Å². The molecule has 1 N–H and O–H groups in total. The van der Waals surface area contributed by atoms with Crippen LogP contribution in [0.25, 0.3) is 0 Å². The quantitative estimate of drug-likeness (QED) is 0.834. The van der Waals surface area contributed by atoms with Gasteiger partial charge in [-0.1, -0.05) is 0 Å². The Bertz CT molecular complexity index is 304. The Kier molecular flexibility index (Phi) is 4.39. The van der Waals surface area contributed by atoms with Crippen molar-refractivity contribution in [2.45, 2.75) is 19.5 Å². The molecule has 0 aliphatic carbocycles. The van der Waals surface area contributed by atoms with Crippen molar-refractivity contribution in [3.63, 3.8) is 0 Å². The van der Waals surface area contributed by atoms with Gasteiger partial charge in [0.15, 0.2) is 0 Å². The molecule has 4 nitrogen and oxygen atoms in total. The van der Waals surface area contributed by atoms with Crippen LogP contribution in [-0.4, -0.2) is 38.3 Å². The Morgan fingerprint density at radius 2 is 2.12 bits per heavy atom. The summed E-state index contributed by atoms with van der Waals surface area (Å²) in [6.45, 7) is 5.52. The summed E-state index contributed by atoms with van der Waals surface area (Å²) in [5.41, 5.74) is 0. The lowest BCUT2D eigenvalue weighted by molar-refractivity contribution is 0.139. The van der Waals surface area contributed by atoms with E-state index in [0.717, 1.165) is 57.3 Å². The summed E-state index contributed by atoms with van der Waals surface area (Å²) in [5.74, 6) is 2.05. The van der Waals surface area contributed by atoms with E-state index in [0.29, 0.717) is 0 Å². The van der Waals surface area contributed by atoms with Crippen molar-refractivity contribution in [1.82, 2.24) is 10.2 Å². The summed E-state index contributed by atoms with van der Waals surface area (Å²) in [5, 5.41) is 3.08. The number of nitrogens with one attached hydrogen (secondary N) is 1. The van der Waals surface area contributed by atoms with E-state index in [2.05, 4.69) is 16.3 Å². The van der Waals surface area contributed by atoms with Gasteiger partial charge in [-0.2, -0.15) is 0 Å². The number of furan rings is 1. The molecule has 0 radical (unpaired) electrons. The van der Waals surface area contributed by atoms with Gasteiger partial charge in [0.2, 0.25) is 0 Å². The first-order valence-corrected chi connectivity index (χ1v) is 5.91. The normalized spacial score (nSPS) is 18.6. The van der Waals surface area contributed by atoms with Crippen molar-refractivity contribution in [3.05, 3.63) is 23.7 Å². The van der Waals surface area contributed by atoms with Crippen molar-refractivity contribution in [2.75, 3.05) is 33.4 Å². The lowest BCUT2D eigenvalue weighted by Crippen LogP contribution is -2.25. The third-order valence-electron chi connectivity index (χ3n) is 2.76. The standard InChI is InChI=1S/C12H20N2O2/c1-13-9-11-3-4-12(16-11)10-14-5-2-7-15-8-6-14/h3-4,13H,2,5-10H2,1H3. The summed E-state index contributed by atoms with van der Waals surface area (Å²) in [4.78, 5) is 2.38. The number of hydrogen-bond acceptors (Lipinski definition) is 4. The average Bonchev–Trinajstić information content (AvgIpc) is 2.56. The summed E-state index contributed by atoms with van der Waals surface area (Å²) >= 11 is 0. The van der Waals surface area contributed by atoms with E-state index in [-0.39, 0.29) is 0 Å². The first-order valence-electron chi connectivity index (χ1n) is 5.91. The molecule has 4 heteroatoms. The lowest BCUT2D eigenvalue weighted by Gasteiger charge is -2.17. The lowest BCUT2D eigenvalue weighted by atomic mass is 10.3. The Balaban J connectivity index is 1.86. The minimum absolute atomic E-state index is 0.795. The molecule has 0 atom stereocenters. The van der Waals surface area contributed by atoms with Crippen LogP contribution in [0.2, 0.25) is 0 Å². The van der Waals surface area contributed by atoms with Crippen LogP contribution < -0.4 is 5.32 Å². The molecule has 0 unspecified atom stereocenters. The molecule has 0 spiro atoms. The highest BCUT2D eigenvalue weighted by molar-refractivity contribution is 5.07. The maximum atomic E-state index is 5.72. The van der Waals surface area contributed by atoms with Crippen molar-refractivity contribution < 1.29 is 9.15 Å². The molecule has 16 heavy (non-hydrogen) atoms. The fourth-order valence-electron chi connectivity index (χ4n) is 1.95. The van der Waals surface area contributed by atoms with Crippen LogP contribution in [0.1, 0.15) is 17.9 Å². The molecule has 90 valence electrons. The van der Waals surface area contributed by atoms with E-state index in [9.17, 15) is 0 Å². The second kappa shape index (κ2) is 6.03. The summed E-state index contributed by atoms with van der Waals surface area (Å²) in [6, 6.07) is 4.11. The van der Waals surface area contributed by atoms with Gasteiger partial charge in [-0.3, -0.25) is 4.90 Å². The van der Waals surface area contributed by atoms with Gasteiger partial charge in [-0.15, -0.1) is 0 Å². The summed E-state index contributed by atoms with van der Waals surface area (Å²) in [7, 11) is 1.92.